The van der Waals surface area contributed by atoms with Gasteiger partial charge in [-0.3, -0.25) is 4.79 Å². The number of nitrogens with one attached hydrogen (secondary N) is 1. The maximum absolute atomic E-state index is 13.1. The van der Waals surface area contributed by atoms with Crippen molar-refractivity contribution < 1.29 is 39.8 Å². The maximum Gasteiger partial charge on any atom is 0.220 e. The molecule has 1 amide bonds. The topological polar surface area (TPSA) is 149 Å². The minimum Gasteiger partial charge on any atom is -0.394 e. The van der Waals surface area contributed by atoms with E-state index in [2.05, 4.69) is 177 Å². The number of allylic oxidation sites excluding steroid dienone is 27. The molecule has 0 aromatic carbocycles. The summed E-state index contributed by atoms with van der Waals surface area (Å²) in [6, 6.07) is -0.862. The number of hydrogen-bond acceptors (Lipinski definition) is 8. The Kier molecular flexibility index (Phi) is 61.7. The Morgan fingerprint density at radius 2 is 0.708 bits per heavy atom. The smallest absolute Gasteiger partial charge is 0.220 e. The minimum atomic E-state index is -1.59. The molecule has 9 heteroatoms. The van der Waals surface area contributed by atoms with E-state index in [-0.39, 0.29) is 18.9 Å². The summed E-state index contributed by atoms with van der Waals surface area (Å²) in [5.41, 5.74) is 0. The number of unbranched alkanes of at least 4 members (excludes halogenated alkanes) is 24. The largest absolute Gasteiger partial charge is 0.394 e. The van der Waals surface area contributed by atoms with Crippen molar-refractivity contribution in [2.24, 2.45) is 0 Å². The maximum atomic E-state index is 13.1. The van der Waals surface area contributed by atoms with Gasteiger partial charge >= 0.3 is 0 Å². The monoisotopic (exact) mass is 1230 g/mol. The van der Waals surface area contributed by atoms with Crippen LogP contribution in [-0.4, -0.2) is 87.5 Å². The molecule has 1 heterocycles. The van der Waals surface area contributed by atoms with Crippen LogP contribution in [0.15, 0.2) is 170 Å². The van der Waals surface area contributed by atoms with Crippen LogP contribution < -0.4 is 5.32 Å². The van der Waals surface area contributed by atoms with Crippen molar-refractivity contribution in [2.75, 3.05) is 13.2 Å². The third-order valence-electron chi connectivity index (χ3n) is 15.8. The number of amides is 1. The van der Waals surface area contributed by atoms with Crippen LogP contribution in [0.4, 0.5) is 0 Å². The molecule has 0 aromatic heterocycles. The highest BCUT2D eigenvalue weighted by molar-refractivity contribution is 5.76. The van der Waals surface area contributed by atoms with Crippen LogP contribution in [0.2, 0.25) is 0 Å². The SMILES string of the molecule is CC/C=C\C/C=C\C/C=C\C/C=C\C/C=C\C/C=C\C/C=C\C/C=C\C/C=C\C/C=C\C/C=C\CCCCCC(=O)NC(COC1OC(CO)C(O)C(O)C1O)C(O)/C=C/CC/C=C/CC/C=C/CCCCCCCCCCCCCCCCCCCCC. The zero-order valence-electron chi connectivity index (χ0n) is 56.4. The molecule has 7 unspecified atom stereocenters. The Morgan fingerprint density at radius 3 is 1.08 bits per heavy atom. The van der Waals surface area contributed by atoms with Crippen LogP contribution in [0, 0.1) is 0 Å². The summed E-state index contributed by atoms with van der Waals surface area (Å²) in [5, 5.41) is 54.7. The van der Waals surface area contributed by atoms with Crippen LogP contribution >= 0.6 is 0 Å². The van der Waals surface area contributed by atoms with Crippen molar-refractivity contribution >= 4 is 5.91 Å². The van der Waals surface area contributed by atoms with Crippen molar-refractivity contribution in [1.29, 1.82) is 0 Å². The molecule has 0 saturated carbocycles. The van der Waals surface area contributed by atoms with Crippen molar-refractivity contribution in [3.05, 3.63) is 170 Å². The summed E-state index contributed by atoms with van der Waals surface area (Å²) in [6.45, 7) is 3.63. The fourth-order valence-corrected chi connectivity index (χ4v) is 10.2. The second kappa shape index (κ2) is 66.5. The van der Waals surface area contributed by atoms with Gasteiger partial charge in [0.05, 0.1) is 25.4 Å². The van der Waals surface area contributed by atoms with E-state index in [1.54, 1.807) is 6.08 Å². The van der Waals surface area contributed by atoms with E-state index in [0.29, 0.717) is 12.8 Å². The van der Waals surface area contributed by atoms with Gasteiger partial charge in [-0.05, 0) is 128 Å². The molecule has 6 N–H and O–H groups in total. The molecule has 0 radical (unpaired) electrons. The highest BCUT2D eigenvalue weighted by Gasteiger charge is 2.44. The van der Waals surface area contributed by atoms with Gasteiger partial charge in [0.15, 0.2) is 6.29 Å². The lowest BCUT2D eigenvalue weighted by Crippen LogP contribution is -2.60. The molecule has 504 valence electrons. The standard InChI is InChI=1S/C80H131NO8/c1-3-5-7-9-11-13-15-17-19-21-23-25-27-29-31-33-34-35-36-37-38-39-40-42-44-46-48-50-52-54-56-58-60-62-64-66-68-70-76(84)81-73(72-88-80-79(87)78(86)77(85)75(71-82)89-80)74(83)69-67-65-63-61-59-57-55-53-51-49-47-45-43-41-32-30-28-26-24-22-20-18-16-14-12-10-8-6-4-2/h5,7,11,13,17,19,23,25,29,31,34-35,37-38,40,42,46,48,51-54,58-61,67,69,73-75,77-80,82-83,85-87H,3-4,6,8-10,12,14-16,18,20-22,24,26-28,30,32-33,36,39,41,43-45,47,49-50,55-57,62-66,68,70-72H2,1-2H3,(H,81,84)/b7-5-,13-11-,19-17-,25-23-,31-29-,35-34-,38-37-,42-40-,48-46-,53-51+,54-52-,60-58-,61-59+,69-67+. The van der Waals surface area contributed by atoms with Crippen LogP contribution in [0.25, 0.3) is 0 Å². The molecular weight excluding hydrogens is 1100 g/mol. The van der Waals surface area contributed by atoms with Gasteiger partial charge in [-0.25, -0.2) is 0 Å². The van der Waals surface area contributed by atoms with E-state index in [4.69, 9.17) is 9.47 Å². The third kappa shape index (κ3) is 55.0. The molecule has 0 bridgehead atoms. The van der Waals surface area contributed by atoms with Crippen molar-refractivity contribution in [3.8, 4) is 0 Å². The Morgan fingerprint density at radius 1 is 0.393 bits per heavy atom. The Hall–Kier alpha value is -4.45. The fourth-order valence-electron chi connectivity index (χ4n) is 10.2. The molecule has 1 rings (SSSR count). The van der Waals surface area contributed by atoms with Crippen molar-refractivity contribution in [2.45, 2.75) is 314 Å². The first-order chi connectivity index (χ1) is 43.8. The zero-order chi connectivity index (χ0) is 64.2. The van der Waals surface area contributed by atoms with Gasteiger partial charge in [0.2, 0.25) is 5.91 Å². The number of aliphatic hydroxyl groups is 5. The first kappa shape index (κ1) is 82.6. The number of carbonyl (C=O) groups is 1. The minimum absolute atomic E-state index is 0.228. The number of aliphatic hydroxyl groups excluding tert-OH is 5. The molecule has 7 atom stereocenters. The highest BCUT2D eigenvalue weighted by Crippen LogP contribution is 2.23. The number of carbonyl (C=O) groups excluding carboxylic acids is 1. The zero-order valence-corrected chi connectivity index (χ0v) is 56.4. The van der Waals surface area contributed by atoms with E-state index < -0.39 is 49.5 Å². The third-order valence-corrected chi connectivity index (χ3v) is 15.8. The summed E-state index contributed by atoms with van der Waals surface area (Å²) in [5.74, 6) is -0.228. The molecule has 0 aromatic rings. The molecule has 1 saturated heterocycles. The lowest BCUT2D eigenvalue weighted by Gasteiger charge is -2.40. The molecule has 9 nitrogen and oxygen atoms in total. The summed E-state index contributed by atoms with van der Waals surface area (Å²) >= 11 is 0. The molecule has 89 heavy (non-hydrogen) atoms. The van der Waals surface area contributed by atoms with Gasteiger partial charge < -0.3 is 40.3 Å². The predicted octanol–water partition coefficient (Wildman–Crippen LogP) is 20.1. The van der Waals surface area contributed by atoms with E-state index in [9.17, 15) is 30.3 Å². The van der Waals surface area contributed by atoms with Gasteiger partial charge in [0, 0.05) is 6.42 Å². The predicted molar refractivity (Wildman–Crippen MR) is 382 cm³/mol. The van der Waals surface area contributed by atoms with E-state index in [1.165, 1.54) is 122 Å². The van der Waals surface area contributed by atoms with Crippen LogP contribution in [0.1, 0.15) is 271 Å². The summed E-state index contributed by atoms with van der Waals surface area (Å²) in [4.78, 5) is 13.1. The molecule has 0 aliphatic carbocycles. The lowest BCUT2D eigenvalue weighted by molar-refractivity contribution is -0.302. The first-order valence-corrected chi connectivity index (χ1v) is 35.9. The van der Waals surface area contributed by atoms with E-state index in [0.717, 1.165) is 116 Å². The quantitative estimate of drug-likeness (QED) is 0.0261. The van der Waals surface area contributed by atoms with Gasteiger partial charge in [0.25, 0.3) is 0 Å². The molecule has 1 fully saturated rings. The summed E-state index contributed by atoms with van der Waals surface area (Å²) in [7, 11) is 0. The van der Waals surface area contributed by atoms with Crippen molar-refractivity contribution in [1.82, 2.24) is 5.32 Å². The summed E-state index contributed by atoms with van der Waals surface area (Å²) in [6.07, 6.45) is 98.9. The number of ether oxygens (including phenoxy) is 2. The Labute approximate surface area is 545 Å². The second-order valence-electron chi connectivity index (χ2n) is 23.9. The lowest BCUT2D eigenvalue weighted by atomic mass is 9.99. The van der Waals surface area contributed by atoms with E-state index >= 15 is 0 Å². The number of hydrogen-bond donors (Lipinski definition) is 6. The van der Waals surface area contributed by atoms with Crippen LogP contribution in [0.5, 0.6) is 0 Å². The number of rotatable bonds is 60. The average Bonchev–Trinajstić information content (AvgIpc) is 2.28. The first-order valence-electron chi connectivity index (χ1n) is 35.9. The average molecular weight is 1230 g/mol. The molecule has 0 spiro atoms. The second-order valence-corrected chi connectivity index (χ2v) is 23.9. The Balaban J connectivity index is 2.23. The Bertz CT molecular complexity index is 2020. The highest BCUT2D eigenvalue weighted by atomic mass is 16.7. The molecule has 1 aliphatic heterocycles. The molecule has 1 aliphatic rings. The van der Waals surface area contributed by atoms with Crippen LogP contribution in [-0.2, 0) is 14.3 Å². The fraction of sp³-hybridized carbons (Fsp3) is 0.637. The summed E-state index contributed by atoms with van der Waals surface area (Å²) < 4.78 is 11.3. The van der Waals surface area contributed by atoms with Gasteiger partial charge in [-0.1, -0.05) is 306 Å². The van der Waals surface area contributed by atoms with Gasteiger partial charge in [0.1, 0.15) is 24.4 Å². The van der Waals surface area contributed by atoms with E-state index in [1.807, 2.05) is 6.08 Å². The van der Waals surface area contributed by atoms with Crippen molar-refractivity contribution in [3.63, 3.8) is 0 Å². The normalized spacial score (nSPS) is 18.9. The molecular formula is C80H131NO8. The van der Waals surface area contributed by atoms with Crippen LogP contribution in [0.3, 0.4) is 0 Å². The van der Waals surface area contributed by atoms with Gasteiger partial charge in [-0.15, -0.1) is 0 Å². The van der Waals surface area contributed by atoms with Gasteiger partial charge in [-0.2, -0.15) is 0 Å².